The summed E-state index contributed by atoms with van der Waals surface area (Å²) in [6.45, 7) is 4.50. The van der Waals surface area contributed by atoms with Crippen LogP contribution in [-0.2, 0) is 16.2 Å². The Labute approximate surface area is 150 Å². The first-order chi connectivity index (χ1) is 12.1. The number of hydrogen-bond acceptors (Lipinski definition) is 6. The predicted octanol–water partition coefficient (Wildman–Crippen LogP) is 3.24. The van der Waals surface area contributed by atoms with Crippen molar-refractivity contribution in [3.8, 4) is 16.3 Å². The number of aromatic nitrogens is 1. The molecule has 7 heteroatoms. The van der Waals surface area contributed by atoms with E-state index in [4.69, 9.17) is 9.57 Å². The van der Waals surface area contributed by atoms with Crippen molar-refractivity contribution in [3.63, 3.8) is 0 Å². The first-order valence-electron chi connectivity index (χ1n) is 8.17. The molecule has 1 aromatic heterocycles. The topological polar surface area (TPSA) is 72.8 Å². The highest BCUT2D eigenvalue weighted by molar-refractivity contribution is 7.15. The van der Waals surface area contributed by atoms with Crippen molar-refractivity contribution in [3.05, 3.63) is 35.3 Å². The normalized spacial score (nSPS) is 16.5. The zero-order valence-electron chi connectivity index (χ0n) is 14.5. The molecule has 2 heterocycles. The number of rotatable bonds is 6. The van der Waals surface area contributed by atoms with Gasteiger partial charge in [-0.3, -0.25) is 4.79 Å². The highest BCUT2D eigenvalue weighted by atomic mass is 32.1. The van der Waals surface area contributed by atoms with Crippen LogP contribution in [0.1, 0.15) is 25.1 Å². The number of carbonyl (C=O) groups is 1. The first-order valence-corrected chi connectivity index (χ1v) is 8.98. The Morgan fingerprint density at radius 2 is 2.24 bits per heavy atom. The molecular formula is C18H21N3O3S. The minimum atomic E-state index is -0.529. The lowest BCUT2D eigenvalue weighted by atomic mass is 10.0. The van der Waals surface area contributed by atoms with Crippen molar-refractivity contribution in [2.75, 3.05) is 7.11 Å². The van der Waals surface area contributed by atoms with Crippen molar-refractivity contribution in [2.24, 2.45) is 11.1 Å². The maximum atomic E-state index is 12.2. The Balaban J connectivity index is 1.58. The Morgan fingerprint density at radius 3 is 2.96 bits per heavy atom. The Kier molecular flexibility index (Phi) is 5.33. The fourth-order valence-electron chi connectivity index (χ4n) is 2.50. The molecule has 0 spiro atoms. The van der Waals surface area contributed by atoms with Gasteiger partial charge in [-0.2, -0.15) is 0 Å². The molecule has 0 aliphatic carbocycles. The monoisotopic (exact) mass is 359 g/mol. The van der Waals surface area contributed by atoms with Gasteiger partial charge in [0.15, 0.2) is 0 Å². The maximum Gasteiger partial charge on any atom is 0.264 e. The van der Waals surface area contributed by atoms with E-state index in [0.717, 1.165) is 26.9 Å². The van der Waals surface area contributed by atoms with Crippen LogP contribution in [0.2, 0.25) is 0 Å². The smallest absolute Gasteiger partial charge is 0.264 e. The lowest BCUT2D eigenvalue weighted by molar-refractivity contribution is -0.131. The van der Waals surface area contributed by atoms with Crippen LogP contribution in [0.25, 0.3) is 10.6 Å². The quantitative estimate of drug-likeness (QED) is 0.859. The molecule has 0 bridgehead atoms. The third-order valence-corrected chi connectivity index (χ3v) is 5.01. The highest BCUT2D eigenvalue weighted by Gasteiger charge is 2.29. The number of nitrogens with zero attached hydrogens (tertiary/aromatic N) is 2. The van der Waals surface area contributed by atoms with Gasteiger partial charge in [0.1, 0.15) is 10.8 Å². The molecule has 1 atom stereocenters. The van der Waals surface area contributed by atoms with Gasteiger partial charge < -0.3 is 14.9 Å². The molecule has 0 radical (unpaired) electrons. The second kappa shape index (κ2) is 7.65. The largest absolute Gasteiger partial charge is 0.496 e. The molecule has 1 aromatic carbocycles. The van der Waals surface area contributed by atoms with E-state index >= 15 is 0 Å². The second-order valence-electron chi connectivity index (χ2n) is 6.09. The molecule has 3 rings (SSSR count). The summed E-state index contributed by atoms with van der Waals surface area (Å²) < 4.78 is 5.37. The molecule has 0 saturated carbocycles. The highest BCUT2D eigenvalue weighted by Crippen LogP contribution is 2.32. The minimum absolute atomic E-state index is 0.147. The number of benzene rings is 1. The Bertz CT molecular complexity index is 785. The summed E-state index contributed by atoms with van der Waals surface area (Å²) >= 11 is 1.53. The third-order valence-electron chi connectivity index (χ3n) is 3.98. The summed E-state index contributed by atoms with van der Waals surface area (Å²) in [6.07, 6.45) is 1.80. The zero-order chi connectivity index (χ0) is 17.8. The number of para-hydroxylation sites is 1. The Morgan fingerprint density at radius 1 is 1.44 bits per heavy atom. The molecule has 1 aliphatic rings. The zero-order valence-corrected chi connectivity index (χ0v) is 15.3. The van der Waals surface area contributed by atoms with E-state index in [1.165, 1.54) is 11.3 Å². The fraction of sp³-hybridized carbons (Fsp3) is 0.389. The number of oxime groups is 1. The molecule has 25 heavy (non-hydrogen) atoms. The summed E-state index contributed by atoms with van der Waals surface area (Å²) in [7, 11) is 1.64. The van der Waals surface area contributed by atoms with Crippen molar-refractivity contribution in [1.29, 1.82) is 0 Å². The number of thiazole rings is 1. The van der Waals surface area contributed by atoms with Gasteiger partial charge in [-0.25, -0.2) is 4.98 Å². The van der Waals surface area contributed by atoms with Crippen LogP contribution in [0, 0.1) is 5.92 Å². The number of methoxy groups -OCH3 is 1. The van der Waals surface area contributed by atoms with Gasteiger partial charge in [-0.1, -0.05) is 31.1 Å². The molecule has 1 aliphatic heterocycles. The van der Waals surface area contributed by atoms with E-state index in [1.807, 2.05) is 38.1 Å². The van der Waals surface area contributed by atoms with E-state index in [2.05, 4.69) is 15.5 Å². The summed E-state index contributed by atoms with van der Waals surface area (Å²) in [5.74, 6) is 0.930. The lowest BCUT2D eigenvalue weighted by Crippen LogP contribution is -2.34. The van der Waals surface area contributed by atoms with Crippen LogP contribution in [-0.4, -0.2) is 29.8 Å². The third kappa shape index (κ3) is 3.99. The van der Waals surface area contributed by atoms with Gasteiger partial charge >= 0.3 is 0 Å². The van der Waals surface area contributed by atoms with Crippen LogP contribution < -0.4 is 10.1 Å². The number of ether oxygens (including phenoxy) is 1. The molecule has 0 fully saturated rings. The van der Waals surface area contributed by atoms with Crippen molar-refractivity contribution in [1.82, 2.24) is 10.3 Å². The molecule has 1 N–H and O–H groups in total. The number of hydrogen-bond donors (Lipinski definition) is 1. The molecular weight excluding hydrogens is 338 g/mol. The summed E-state index contributed by atoms with van der Waals surface area (Å²) in [6, 6.07) is 7.75. The van der Waals surface area contributed by atoms with E-state index in [9.17, 15) is 4.79 Å². The van der Waals surface area contributed by atoms with Gasteiger partial charge in [0.05, 0.1) is 24.9 Å². The number of amides is 1. The van der Waals surface area contributed by atoms with Gasteiger partial charge in [-0.05, 0) is 18.1 Å². The average molecular weight is 359 g/mol. The van der Waals surface area contributed by atoms with E-state index in [0.29, 0.717) is 18.9 Å². The van der Waals surface area contributed by atoms with Gasteiger partial charge in [0.25, 0.3) is 5.91 Å². The minimum Gasteiger partial charge on any atom is -0.496 e. The van der Waals surface area contributed by atoms with Crippen LogP contribution in [0.5, 0.6) is 5.75 Å². The number of nitrogens with one attached hydrogen (secondary N) is 1. The second-order valence-corrected chi connectivity index (χ2v) is 7.20. The molecule has 0 saturated heterocycles. The van der Waals surface area contributed by atoms with Gasteiger partial charge in [0, 0.05) is 17.5 Å². The van der Waals surface area contributed by atoms with Crippen LogP contribution in [0.15, 0.2) is 35.6 Å². The SMILES string of the molecule is COc1ccccc1-c1ncc(CNC(=O)C2CC(C(C)C)=NO2)s1. The van der Waals surface area contributed by atoms with Gasteiger partial charge in [-0.15, -0.1) is 11.3 Å². The standard InChI is InChI=1S/C18H21N3O3S/c1-11(2)14-8-16(24-21-14)17(22)19-9-12-10-20-18(25-12)13-6-4-5-7-15(13)23-3/h4-7,10-11,16H,8-9H2,1-3H3,(H,19,22). The van der Waals surface area contributed by atoms with E-state index in [-0.39, 0.29) is 5.91 Å². The first kappa shape index (κ1) is 17.4. The van der Waals surface area contributed by atoms with Crippen molar-refractivity contribution in [2.45, 2.75) is 32.9 Å². The molecule has 2 aromatic rings. The summed E-state index contributed by atoms with van der Waals surface area (Å²) in [5, 5.41) is 7.75. The van der Waals surface area contributed by atoms with E-state index in [1.54, 1.807) is 13.3 Å². The predicted molar refractivity (Wildman–Crippen MR) is 97.7 cm³/mol. The van der Waals surface area contributed by atoms with Crippen LogP contribution in [0.3, 0.4) is 0 Å². The van der Waals surface area contributed by atoms with Crippen molar-refractivity contribution < 1.29 is 14.4 Å². The van der Waals surface area contributed by atoms with Crippen LogP contribution in [0.4, 0.5) is 0 Å². The lowest BCUT2D eigenvalue weighted by Gasteiger charge is -2.08. The summed E-state index contributed by atoms with van der Waals surface area (Å²) in [5.41, 5.74) is 1.87. The number of carbonyl (C=O) groups excluding carboxylic acids is 1. The molecule has 132 valence electrons. The van der Waals surface area contributed by atoms with Gasteiger partial charge in [0.2, 0.25) is 6.10 Å². The molecule has 1 unspecified atom stereocenters. The molecule has 6 nitrogen and oxygen atoms in total. The van der Waals surface area contributed by atoms with Crippen LogP contribution >= 0.6 is 11.3 Å². The summed E-state index contributed by atoms with van der Waals surface area (Å²) in [4.78, 5) is 22.9. The van der Waals surface area contributed by atoms with Crippen molar-refractivity contribution >= 4 is 23.0 Å². The fourth-order valence-corrected chi connectivity index (χ4v) is 3.38. The molecule has 1 amide bonds. The van der Waals surface area contributed by atoms with E-state index < -0.39 is 6.10 Å². The Hall–Kier alpha value is -2.41. The average Bonchev–Trinajstić information content (AvgIpc) is 3.29. The maximum absolute atomic E-state index is 12.2.